The summed E-state index contributed by atoms with van der Waals surface area (Å²) in [4.78, 5) is 26.1. The van der Waals surface area contributed by atoms with Crippen LogP contribution in [0, 0.1) is 11.7 Å². The van der Waals surface area contributed by atoms with Gasteiger partial charge in [-0.15, -0.1) is 10.2 Å². The van der Waals surface area contributed by atoms with Gasteiger partial charge in [0.05, 0.1) is 11.1 Å². The van der Waals surface area contributed by atoms with Crippen molar-refractivity contribution in [2.75, 3.05) is 11.9 Å². The maximum Gasteiger partial charge on any atom is 0.406 e. The third-order valence-electron chi connectivity index (χ3n) is 7.26. The van der Waals surface area contributed by atoms with Crippen LogP contribution in [0.2, 0.25) is 0 Å². The molecule has 1 fully saturated rings. The second-order valence-electron chi connectivity index (χ2n) is 11.5. The Labute approximate surface area is 234 Å². The summed E-state index contributed by atoms with van der Waals surface area (Å²) in [7, 11) is 1.80. The lowest BCUT2D eigenvalue weighted by molar-refractivity contribution is -0.141. The first-order valence-corrected chi connectivity index (χ1v) is 13.2. The number of aromatic nitrogens is 4. The SMILES string of the molecule is CC1CC(c2ccc(F)c(NC(=O)c3cc(CNCCC(C)(C)F)cn(CC(F)(F)F)c3=O)c2)(c2nncn2C)C1. The molecule has 1 saturated carbocycles. The van der Waals surface area contributed by atoms with Crippen LogP contribution in [0.15, 0.2) is 41.6 Å². The minimum Gasteiger partial charge on any atom is -0.320 e. The minimum absolute atomic E-state index is 0.0171. The van der Waals surface area contributed by atoms with E-state index in [0.29, 0.717) is 21.9 Å². The van der Waals surface area contributed by atoms with E-state index >= 15 is 0 Å². The molecule has 2 heterocycles. The molecule has 1 aromatic carbocycles. The molecular formula is C28H33F5N6O2. The molecule has 1 aliphatic carbocycles. The van der Waals surface area contributed by atoms with Gasteiger partial charge in [-0.05, 0) is 74.9 Å². The Morgan fingerprint density at radius 1 is 1.17 bits per heavy atom. The number of halogens is 5. The van der Waals surface area contributed by atoms with Crippen LogP contribution in [0.1, 0.15) is 67.3 Å². The fraction of sp³-hybridized carbons (Fsp3) is 0.500. The Balaban J connectivity index is 1.64. The number of nitrogens with zero attached hydrogens (tertiary/aromatic N) is 4. The number of pyridine rings is 1. The molecule has 0 aliphatic heterocycles. The van der Waals surface area contributed by atoms with E-state index in [0.717, 1.165) is 25.1 Å². The van der Waals surface area contributed by atoms with Crippen LogP contribution in [-0.2, 0) is 25.6 Å². The first-order valence-electron chi connectivity index (χ1n) is 13.2. The summed E-state index contributed by atoms with van der Waals surface area (Å²) in [6.45, 7) is 3.46. The number of rotatable bonds is 10. The molecule has 0 atom stereocenters. The van der Waals surface area contributed by atoms with Crippen molar-refractivity contribution in [3.05, 3.63) is 75.5 Å². The molecule has 2 N–H and O–H groups in total. The van der Waals surface area contributed by atoms with Gasteiger partial charge in [0.2, 0.25) is 0 Å². The molecule has 0 radical (unpaired) electrons. The zero-order valence-corrected chi connectivity index (χ0v) is 23.3. The number of hydrogen-bond acceptors (Lipinski definition) is 5. The first kappa shape index (κ1) is 30.4. The molecule has 0 unspecified atom stereocenters. The normalized spacial score (nSPS) is 19.2. The van der Waals surface area contributed by atoms with Crippen LogP contribution < -0.4 is 16.2 Å². The van der Waals surface area contributed by atoms with Crippen molar-refractivity contribution >= 4 is 11.6 Å². The van der Waals surface area contributed by atoms with Gasteiger partial charge < -0.3 is 19.8 Å². The van der Waals surface area contributed by atoms with Gasteiger partial charge in [-0.25, -0.2) is 8.78 Å². The van der Waals surface area contributed by atoms with Crippen LogP contribution in [0.25, 0.3) is 0 Å². The van der Waals surface area contributed by atoms with Crippen LogP contribution >= 0.6 is 0 Å². The molecule has 3 aromatic rings. The van der Waals surface area contributed by atoms with Gasteiger partial charge in [-0.1, -0.05) is 13.0 Å². The molecule has 0 spiro atoms. The summed E-state index contributed by atoms with van der Waals surface area (Å²) in [5, 5.41) is 13.5. The van der Waals surface area contributed by atoms with Gasteiger partial charge in [-0.2, -0.15) is 13.2 Å². The largest absolute Gasteiger partial charge is 0.406 e. The minimum atomic E-state index is -4.73. The second kappa shape index (κ2) is 11.3. The van der Waals surface area contributed by atoms with Crippen molar-refractivity contribution in [1.82, 2.24) is 24.6 Å². The molecule has 4 rings (SSSR count). The lowest BCUT2D eigenvalue weighted by Gasteiger charge is -2.46. The molecule has 0 saturated heterocycles. The van der Waals surface area contributed by atoms with Gasteiger partial charge in [0.1, 0.15) is 35.7 Å². The average molecular weight is 581 g/mol. The van der Waals surface area contributed by atoms with Crippen LogP contribution in [0.4, 0.5) is 27.6 Å². The third-order valence-corrected chi connectivity index (χ3v) is 7.26. The fourth-order valence-corrected chi connectivity index (χ4v) is 5.39. The number of aryl methyl sites for hydroxylation is 1. The number of hydrogen-bond donors (Lipinski definition) is 2. The Morgan fingerprint density at radius 3 is 2.46 bits per heavy atom. The van der Waals surface area contributed by atoms with Crippen LogP contribution in [0.3, 0.4) is 0 Å². The van der Waals surface area contributed by atoms with E-state index < -0.39 is 46.7 Å². The monoisotopic (exact) mass is 580 g/mol. The van der Waals surface area contributed by atoms with Crippen molar-refractivity contribution < 1.29 is 26.7 Å². The topological polar surface area (TPSA) is 93.8 Å². The smallest absolute Gasteiger partial charge is 0.320 e. The van der Waals surface area contributed by atoms with Crippen LogP contribution in [0.5, 0.6) is 0 Å². The zero-order chi connectivity index (χ0) is 30.2. The number of benzene rings is 1. The highest BCUT2D eigenvalue weighted by atomic mass is 19.4. The first-order chi connectivity index (χ1) is 19.1. The highest BCUT2D eigenvalue weighted by Crippen LogP contribution is 2.51. The summed E-state index contributed by atoms with van der Waals surface area (Å²) in [5.41, 5.74) is -3.09. The van der Waals surface area contributed by atoms with E-state index in [1.165, 1.54) is 26.0 Å². The second-order valence-corrected chi connectivity index (χ2v) is 11.5. The van der Waals surface area contributed by atoms with E-state index in [1.807, 2.05) is 0 Å². The van der Waals surface area contributed by atoms with Gasteiger partial charge in [-0.3, -0.25) is 9.59 Å². The van der Waals surface area contributed by atoms with Crippen molar-refractivity contribution in [3.8, 4) is 0 Å². The Hall–Kier alpha value is -3.61. The summed E-state index contributed by atoms with van der Waals surface area (Å²) in [5.74, 6) is -0.770. The van der Waals surface area contributed by atoms with Gasteiger partial charge in [0.25, 0.3) is 11.5 Å². The number of carbonyl (C=O) groups is 1. The predicted octanol–water partition coefficient (Wildman–Crippen LogP) is 4.87. The molecule has 8 nitrogen and oxygen atoms in total. The number of amides is 1. The van der Waals surface area contributed by atoms with Gasteiger partial charge >= 0.3 is 6.18 Å². The van der Waals surface area contributed by atoms with E-state index in [9.17, 15) is 31.5 Å². The lowest BCUT2D eigenvalue weighted by Crippen LogP contribution is -2.43. The van der Waals surface area contributed by atoms with E-state index in [-0.39, 0.29) is 30.8 Å². The Kier molecular flexibility index (Phi) is 8.40. The molecule has 41 heavy (non-hydrogen) atoms. The fourth-order valence-electron chi connectivity index (χ4n) is 5.39. The summed E-state index contributed by atoms with van der Waals surface area (Å²) >= 11 is 0. The standard InChI is InChI=1S/C28H33F5N6O2/c1-17-11-27(12-17,25-37-35-16-38(25)4)19-5-6-21(29)22(10-19)36-23(40)20-9-18(13-34-8-7-26(2,3)30)14-39(24(20)41)15-28(31,32)33/h5-6,9-10,14,16-17,34H,7-8,11-13,15H2,1-4H3,(H,36,40). The van der Waals surface area contributed by atoms with Gasteiger partial charge in [0.15, 0.2) is 0 Å². The van der Waals surface area contributed by atoms with E-state index in [4.69, 9.17) is 0 Å². The summed E-state index contributed by atoms with van der Waals surface area (Å²) in [6, 6.07) is 5.42. The number of nitrogens with one attached hydrogen (secondary N) is 2. The number of alkyl halides is 4. The molecule has 2 aromatic heterocycles. The van der Waals surface area contributed by atoms with Crippen molar-refractivity contribution in [2.45, 2.75) is 70.4 Å². The molecule has 1 amide bonds. The average Bonchev–Trinajstić information content (AvgIpc) is 3.27. The molecule has 0 bridgehead atoms. The quantitative estimate of drug-likeness (QED) is 0.264. The zero-order valence-electron chi connectivity index (χ0n) is 23.3. The maximum atomic E-state index is 14.9. The van der Waals surface area contributed by atoms with E-state index in [1.54, 1.807) is 24.0 Å². The number of anilines is 1. The Morgan fingerprint density at radius 2 is 1.88 bits per heavy atom. The molecule has 13 heteroatoms. The maximum absolute atomic E-state index is 14.9. The lowest BCUT2D eigenvalue weighted by atomic mass is 9.58. The van der Waals surface area contributed by atoms with Crippen LogP contribution in [-0.4, -0.2) is 43.6 Å². The predicted molar refractivity (Wildman–Crippen MR) is 143 cm³/mol. The van der Waals surface area contributed by atoms with Gasteiger partial charge in [0, 0.05) is 19.8 Å². The molecule has 1 aliphatic rings. The summed E-state index contributed by atoms with van der Waals surface area (Å²) in [6.07, 6.45) is -0.573. The molecule has 222 valence electrons. The highest BCUT2D eigenvalue weighted by molar-refractivity contribution is 6.04. The van der Waals surface area contributed by atoms with E-state index in [2.05, 4.69) is 27.8 Å². The highest BCUT2D eigenvalue weighted by Gasteiger charge is 2.48. The molecular weight excluding hydrogens is 547 g/mol. The van der Waals surface area contributed by atoms with Crippen molar-refractivity contribution in [3.63, 3.8) is 0 Å². The Bertz CT molecular complexity index is 1470. The van der Waals surface area contributed by atoms with Crippen molar-refractivity contribution in [2.24, 2.45) is 13.0 Å². The third kappa shape index (κ3) is 7.00. The number of carbonyl (C=O) groups excluding carboxylic acids is 1. The summed E-state index contributed by atoms with van der Waals surface area (Å²) < 4.78 is 70.5. The van der Waals surface area contributed by atoms with Crippen molar-refractivity contribution in [1.29, 1.82) is 0 Å².